The summed E-state index contributed by atoms with van der Waals surface area (Å²) in [5.74, 6) is 0.415. The van der Waals surface area contributed by atoms with Gasteiger partial charge in [-0.05, 0) is 53.5 Å². The lowest BCUT2D eigenvalue weighted by molar-refractivity contribution is -0.132. The molecule has 0 unspecified atom stereocenters. The number of nitrogens with one attached hydrogen (secondary N) is 1. The number of rotatable bonds is 5. The van der Waals surface area contributed by atoms with Crippen LogP contribution in [0.5, 0.6) is 0 Å². The summed E-state index contributed by atoms with van der Waals surface area (Å²) in [5, 5.41) is 12.3. The second-order valence-electron chi connectivity index (χ2n) is 8.15. The minimum Gasteiger partial charge on any atom is -0.357 e. The highest BCUT2D eigenvalue weighted by molar-refractivity contribution is 5.99. The number of nitrogens with zero attached hydrogens (tertiary/aromatic N) is 6. The molecule has 4 heterocycles. The number of pyridine rings is 1. The first-order chi connectivity index (χ1) is 15.2. The molecule has 1 amide bonds. The van der Waals surface area contributed by atoms with Crippen LogP contribution >= 0.6 is 0 Å². The quantitative estimate of drug-likeness (QED) is 0.540. The number of fused-ring (bicyclic) bond motifs is 1. The van der Waals surface area contributed by atoms with Gasteiger partial charge >= 0.3 is 0 Å². The van der Waals surface area contributed by atoms with Crippen LogP contribution < -0.4 is 0 Å². The molecular formula is C23H25N7O. The van der Waals surface area contributed by atoms with Gasteiger partial charge in [0.05, 0.1) is 6.54 Å². The lowest BCUT2D eigenvalue weighted by Crippen LogP contribution is -2.39. The number of likely N-dealkylation sites (tertiary alicyclic amines) is 1. The molecule has 5 rings (SSSR count). The first kappa shape index (κ1) is 19.4. The summed E-state index contributed by atoms with van der Waals surface area (Å²) in [6.45, 7) is 4.16. The van der Waals surface area contributed by atoms with E-state index in [1.807, 2.05) is 17.3 Å². The van der Waals surface area contributed by atoms with Crippen molar-refractivity contribution < 1.29 is 4.79 Å². The van der Waals surface area contributed by atoms with Gasteiger partial charge in [-0.25, -0.2) is 4.68 Å². The van der Waals surface area contributed by atoms with E-state index in [0.29, 0.717) is 13.0 Å². The van der Waals surface area contributed by atoms with Crippen molar-refractivity contribution in [2.45, 2.75) is 38.6 Å². The maximum absolute atomic E-state index is 12.9. The number of aromatic amines is 1. The molecule has 0 aliphatic carbocycles. The molecule has 158 valence electrons. The zero-order valence-corrected chi connectivity index (χ0v) is 17.5. The third-order valence-electron chi connectivity index (χ3n) is 6.17. The maximum atomic E-state index is 12.9. The Kier molecular flexibility index (Phi) is 5.19. The molecule has 1 aromatic carbocycles. The molecule has 1 aliphatic heterocycles. The molecule has 3 aromatic heterocycles. The first-order valence-corrected chi connectivity index (χ1v) is 10.7. The number of H-pyrrole nitrogens is 1. The van der Waals surface area contributed by atoms with Crippen LogP contribution in [0.1, 0.15) is 36.4 Å². The van der Waals surface area contributed by atoms with Crippen LogP contribution in [0.25, 0.3) is 22.0 Å². The molecule has 0 radical (unpaired) electrons. The Morgan fingerprint density at radius 3 is 2.90 bits per heavy atom. The van der Waals surface area contributed by atoms with Crippen LogP contribution in [0, 0.1) is 6.92 Å². The fourth-order valence-electron chi connectivity index (χ4n) is 4.61. The van der Waals surface area contributed by atoms with E-state index in [1.54, 1.807) is 11.0 Å². The first-order valence-electron chi connectivity index (χ1n) is 10.7. The van der Waals surface area contributed by atoms with E-state index < -0.39 is 0 Å². The van der Waals surface area contributed by atoms with Crippen molar-refractivity contribution in [3.63, 3.8) is 0 Å². The number of carbonyl (C=O) groups is 1. The Bertz CT molecular complexity index is 1180. The predicted octanol–water partition coefficient (Wildman–Crippen LogP) is 3.32. The maximum Gasteiger partial charge on any atom is 0.224 e. The third-order valence-corrected chi connectivity index (χ3v) is 6.17. The Labute approximate surface area is 180 Å². The smallest absolute Gasteiger partial charge is 0.224 e. The molecule has 1 N–H and O–H groups in total. The van der Waals surface area contributed by atoms with Gasteiger partial charge in [-0.1, -0.05) is 18.2 Å². The number of hydrogen-bond donors (Lipinski definition) is 1. The lowest BCUT2D eigenvalue weighted by Gasteiger charge is -2.33. The van der Waals surface area contributed by atoms with Gasteiger partial charge in [0.25, 0.3) is 0 Å². The van der Waals surface area contributed by atoms with E-state index in [9.17, 15) is 4.79 Å². The fraction of sp³-hybridized carbons (Fsp3) is 0.348. The number of hydrogen-bond acceptors (Lipinski definition) is 5. The molecule has 8 nitrogen and oxygen atoms in total. The van der Waals surface area contributed by atoms with Gasteiger partial charge in [-0.15, -0.1) is 5.10 Å². The van der Waals surface area contributed by atoms with Crippen molar-refractivity contribution in [3.8, 4) is 11.1 Å². The molecule has 8 heteroatoms. The SMILES string of the molecule is Cc1cccc2c(-c3ccncc3)c([C@@H]3CCCN(C(=O)CCn4cnnn4)C3)[nH]c12. The molecule has 31 heavy (non-hydrogen) atoms. The number of carbonyl (C=O) groups excluding carboxylic acids is 1. The van der Waals surface area contributed by atoms with Gasteiger partial charge < -0.3 is 9.88 Å². The van der Waals surface area contributed by atoms with Gasteiger partial charge in [-0.3, -0.25) is 9.78 Å². The summed E-state index contributed by atoms with van der Waals surface area (Å²) >= 11 is 0. The molecule has 4 aromatic rings. The Balaban J connectivity index is 1.44. The minimum atomic E-state index is 0.151. The van der Waals surface area contributed by atoms with Crippen LogP contribution in [0.2, 0.25) is 0 Å². The summed E-state index contributed by atoms with van der Waals surface area (Å²) in [5.41, 5.74) is 6.00. The summed E-state index contributed by atoms with van der Waals surface area (Å²) in [4.78, 5) is 22.8. The van der Waals surface area contributed by atoms with E-state index in [1.165, 1.54) is 27.7 Å². The molecule has 1 fully saturated rings. The third kappa shape index (κ3) is 3.81. The number of amides is 1. The second kappa shape index (κ2) is 8.29. The summed E-state index contributed by atoms with van der Waals surface area (Å²) < 4.78 is 1.60. The molecule has 1 saturated heterocycles. The summed E-state index contributed by atoms with van der Waals surface area (Å²) in [6.07, 6.45) is 7.67. The van der Waals surface area contributed by atoms with Crippen molar-refractivity contribution in [3.05, 3.63) is 60.3 Å². The van der Waals surface area contributed by atoms with Crippen molar-refractivity contribution >= 4 is 16.8 Å². The van der Waals surface area contributed by atoms with Crippen LogP contribution in [-0.4, -0.2) is 54.1 Å². The number of tetrazole rings is 1. The molecule has 0 saturated carbocycles. The Morgan fingerprint density at radius 1 is 1.23 bits per heavy atom. The largest absolute Gasteiger partial charge is 0.357 e. The molecule has 1 atom stereocenters. The average Bonchev–Trinajstić information content (AvgIpc) is 3.47. The van der Waals surface area contributed by atoms with E-state index in [2.05, 4.69) is 62.7 Å². The Morgan fingerprint density at radius 2 is 2.10 bits per heavy atom. The highest BCUT2D eigenvalue weighted by Crippen LogP contribution is 2.40. The fourth-order valence-corrected chi connectivity index (χ4v) is 4.61. The van der Waals surface area contributed by atoms with Crippen LogP contribution in [-0.2, 0) is 11.3 Å². The van der Waals surface area contributed by atoms with E-state index >= 15 is 0 Å². The van der Waals surface area contributed by atoms with Crippen molar-refractivity contribution in [2.24, 2.45) is 0 Å². The van der Waals surface area contributed by atoms with Gasteiger partial charge in [0, 0.05) is 60.0 Å². The monoisotopic (exact) mass is 415 g/mol. The number of aromatic nitrogens is 6. The highest BCUT2D eigenvalue weighted by Gasteiger charge is 2.28. The lowest BCUT2D eigenvalue weighted by atomic mass is 9.89. The molecule has 0 bridgehead atoms. The molecule has 1 aliphatic rings. The second-order valence-corrected chi connectivity index (χ2v) is 8.15. The zero-order valence-electron chi connectivity index (χ0n) is 17.5. The summed E-state index contributed by atoms with van der Waals surface area (Å²) in [7, 11) is 0. The van der Waals surface area contributed by atoms with Crippen LogP contribution in [0.4, 0.5) is 0 Å². The highest BCUT2D eigenvalue weighted by atomic mass is 16.2. The van der Waals surface area contributed by atoms with Crippen LogP contribution in [0.15, 0.2) is 49.1 Å². The number of benzene rings is 1. The number of piperidine rings is 1. The molecule has 0 spiro atoms. The van der Waals surface area contributed by atoms with E-state index in [4.69, 9.17) is 0 Å². The van der Waals surface area contributed by atoms with Gasteiger partial charge in [0.1, 0.15) is 6.33 Å². The van der Waals surface area contributed by atoms with E-state index in [0.717, 1.165) is 31.5 Å². The van der Waals surface area contributed by atoms with Crippen molar-refractivity contribution in [1.29, 1.82) is 0 Å². The van der Waals surface area contributed by atoms with Crippen LogP contribution in [0.3, 0.4) is 0 Å². The van der Waals surface area contributed by atoms with Crippen molar-refractivity contribution in [2.75, 3.05) is 13.1 Å². The normalized spacial score (nSPS) is 16.7. The Hall–Kier alpha value is -3.55. The topological polar surface area (TPSA) is 92.6 Å². The van der Waals surface area contributed by atoms with Crippen molar-refractivity contribution in [1.82, 2.24) is 35.1 Å². The zero-order chi connectivity index (χ0) is 21.2. The van der Waals surface area contributed by atoms with E-state index in [-0.39, 0.29) is 11.8 Å². The number of aryl methyl sites for hydroxylation is 2. The van der Waals surface area contributed by atoms with Gasteiger partial charge in [0.15, 0.2) is 0 Å². The van der Waals surface area contributed by atoms with Gasteiger partial charge in [0.2, 0.25) is 5.91 Å². The standard InChI is InChI=1S/C23H25N7O/c1-16-4-2-6-19-21(17-7-10-24-11-8-17)23(26-22(16)19)18-5-3-12-29(14-18)20(31)9-13-30-15-25-27-28-30/h2,4,6-8,10-11,15,18,26H,3,5,9,12-14H2,1H3/t18-/m1/s1. The number of para-hydroxylation sites is 1. The van der Waals surface area contributed by atoms with Gasteiger partial charge in [-0.2, -0.15) is 0 Å². The molecular weight excluding hydrogens is 390 g/mol. The summed E-state index contributed by atoms with van der Waals surface area (Å²) in [6, 6.07) is 10.5. The minimum absolute atomic E-state index is 0.151. The average molecular weight is 416 g/mol. The predicted molar refractivity (Wildman–Crippen MR) is 117 cm³/mol.